The quantitative estimate of drug-likeness (QED) is 0.0422. The number of likely N-dealkylation sites (N-methyl/N-ethyl adjacent to an activating group) is 2. The molecule has 0 saturated carbocycles. The Morgan fingerprint density at radius 1 is 0.719 bits per heavy atom. The number of unbranched alkanes of at least 4 members (excludes halogenated alkanes) is 13. The lowest BCUT2D eigenvalue weighted by Crippen LogP contribution is -2.57. The standard InChI is InChI=1S/C45H69N5O6S/c1-4-6-7-8-9-10-11-12-13-14-15-16-17-29-41(51)47-30-23-22-28-39(44(54)50(5-2)40(33-57)43(53)48-31-42(52)46-3)49-45(55)56-32-38-36-26-20-18-24-34(36)35-25-19-21-27-37(35)38/h18-21,24-27,38-40,57H,4-17,22-23,28-33H2,1-3H3,(H,46,52)(H,47,51)(H,48,53)(H,49,55)/t39-,40?/m0/s1. The third-order valence-corrected chi connectivity index (χ3v) is 11.2. The Morgan fingerprint density at radius 2 is 1.28 bits per heavy atom. The summed E-state index contributed by atoms with van der Waals surface area (Å²) in [4.78, 5) is 66.2. The number of benzene rings is 2. The summed E-state index contributed by atoms with van der Waals surface area (Å²) in [5.74, 6) is -1.45. The van der Waals surface area contributed by atoms with E-state index in [9.17, 15) is 24.0 Å². The molecule has 0 bridgehead atoms. The summed E-state index contributed by atoms with van der Waals surface area (Å²) < 4.78 is 5.79. The predicted octanol–water partition coefficient (Wildman–Crippen LogP) is 7.67. The topological polar surface area (TPSA) is 146 Å². The van der Waals surface area contributed by atoms with E-state index in [-0.39, 0.29) is 49.6 Å². The Hall–Kier alpha value is -4.06. The van der Waals surface area contributed by atoms with Gasteiger partial charge in [0.05, 0.1) is 6.54 Å². The Balaban J connectivity index is 1.49. The highest BCUT2D eigenvalue weighted by Gasteiger charge is 2.34. The van der Waals surface area contributed by atoms with Gasteiger partial charge in [-0.15, -0.1) is 0 Å². The fourth-order valence-corrected chi connectivity index (χ4v) is 7.92. The van der Waals surface area contributed by atoms with E-state index in [0.29, 0.717) is 25.8 Å². The third kappa shape index (κ3) is 16.4. The van der Waals surface area contributed by atoms with Crippen LogP contribution in [0.25, 0.3) is 11.1 Å². The molecule has 1 unspecified atom stereocenters. The molecule has 12 heteroatoms. The van der Waals surface area contributed by atoms with Gasteiger partial charge in [-0.2, -0.15) is 12.6 Å². The molecular weight excluding hydrogens is 739 g/mol. The maximum Gasteiger partial charge on any atom is 0.407 e. The van der Waals surface area contributed by atoms with Gasteiger partial charge in [0.2, 0.25) is 23.6 Å². The number of hydrogen-bond donors (Lipinski definition) is 5. The Bertz CT molecular complexity index is 1490. The van der Waals surface area contributed by atoms with Crippen LogP contribution in [0.5, 0.6) is 0 Å². The maximum absolute atomic E-state index is 14.1. The second-order valence-electron chi connectivity index (χ2n) is 15.1. The van der Waals surface area contributed by atoms with Crippen molar-refractivity contribution < 1.29 is 28.7 Å². The van der Waals surface area contributed by atoms with Crippen molar-refractivity contribution in [3.63, 3.8) is 0 Å². The van der Waals surface area contributed by atoms with Crippen molar-refractivity contribution in [2.45, 2.75) is 141 Å². The molecule has 0 heterocycles. The van der Waals surface area contributed by atoms with E-state index in [1.165, 1.54) is 76.2 Å². The highest BCUT2D eigenvalue weighted by Crippen LogP contribution is 2.44. The molecule has 0 aliphatic heterocycles. The van der Waals surface area contributed by atoms with Gasteiger partial charge in [-0.3, -0.25) is 19.2 Å². The lowest BCUT2D eigenvalue weighted by Gasteiger charge is -2.32. The number of thiol groups is 1. The molecule has 316 valence electrons. The number of fused-ring (bicyclic) bond motifs is 3. The number of nitrogens with zero attached hydrogens (tertiary/aromatic N) is 1. The van der Waals surface area contributed by atoms with E-state index >= 15 is 0 Å². The smallest absolute Gasteiger partial charge is 0.407 e. The zero-order valence-electron chi connectivity index (χ0n) is 34.8. The van der Waals surface area contributed by atoms with Crippen molar-refractivity contribution in [1.82, 2.24) is 26.2 Å². The molecule has 2 aromatic carbocycles. The van der Waals surface area contributed by atoms with E-state index in [1.807, 2.05) is 36.4 Å². The number of carbonyl (C=O) groups is 5. The van der Waals surface area contributed by atoms with Crippen LogP contribution < -0.4 is 21.3 Å². The van der Waals surface area contributed by atoms with Gasteiger partial charge in [0, 0.05) is 38.2 Å². The Kier molecular flexibility index (Phi) is 22.9. The van der Waals surface area contributed by atoms with Gasteiger partial charge >= 0.3 is 6.09 Å². The van der Waals surface area contributed by atoms with E-state index in [1.54, 1.807) is 6.92 Å². The first-order valence-electron chi connectivity index (χ1n) is 21.5. The van der Waals surface area contributed by atoms with E-state index in [2.05, 4.69) is 53.0 Å². The van der Waals surface area contributed by atoms with E-state index in [4.69, 9.17) is 4.74 Å². The number of nitrogens with one attached hydrogen (secondary N) is 4. The lowest BCUT2D eigenvalue weighted by molar-refractivity contribution is -0.141. The monoisotopic (exact) mass is 807 g/mol. The van der Waals surface area contributed by atoms with Crippen LogP contribution in [0.1, 0.15) is 140 Å². The molecular formula is C45H69N5O6S. The lowest BCUT2D eigenvalue weighted by atomic mass is 9.98. The number of hydrogen-bond acceptors (Lipinski definition) is 7. The first kappa shape index (κ1) is 47.3. The Morgan fingerprint density at radius 3 is 1.82 bits per heavy atom. The number of carbonyl (C=O) groups excluding carboxylic acids is 5. The van der Waals surface area contributed by atoms with Gasteiger partial charge < -0.3 is 30.9 Å². The van der Waals surface area contributed by atoms with Crippen molar-refractivity contribution in [2.75, 3.05) is 39.0 Å². The predicted molar refractivity (Wildman–Crippen MR) is 231 cm³/mol. The van der Waals surface area contributed by atoms with Crippen molar-refractivity contribution in [1.29, 1.82) is 0 Å². The first-order valence-corrected chi connectivity index (χ1v) is 22.2. The third-order valence-electron chi connectivity index (χ3n) is 10.9. The molecule has 57 heavy (non-hydrogen) atoms. The average Bonchev–Trinajstić information content (AvgIpc) is 3.55. The molecule has 0 fully saturated rings. The van der Waals surface area contributed by atoms with E-state index in [0.717, 1.165) is 41.5 Å². The minimum absolute atomic E-state index is 0.0160. The minimum atomic E-state index is -0.990. The van der Waals surface area contributed by atoms with Crippen LogP contribution in [0.4, 0.5) is 4.79 Å². The van der Waals surface area contributed by atoms with Crippen LogP contribution in [0.15, 0.2) is 48.5 Å². The number of amides is 5. The zero-order chi connectivity index (χ0) is 41.3. The molecule has 4 N–H and O–H groups in total. The second kappa shape index (κ2) is 27.6. The maximum atomic E-state index is 14.1. The first-order chi connectivity index (χ1) is 27.7. The molecule has 0 spiro atoms. The summed E-state index contributed by atoms with van der Waals surface area (Å²) in [6.45, 7) is 4.49. The zero-order valence-corrected chi connectivity index (χ0v) is 35.6. The number of ether oxygens (including phenoxy) is 1. The van der Waals surface area contributed by atoms with Crippen LogP contribution in [-0.2, 0) is 23.9 Å². The molecule has 2 atom stereocenters. The fraction of sp³-hybridized carbons (Fsp3) is 0.622. The number of alkyl carbamates (subject to hydrolysis) is 1. The van der Waals surface area contributed by atoms with Gasteiger partial charge in [-0.1, -0.05) is 133 Å². The molecule has 1 aliphatic rings. The van der Waals surface area contributed by atoms with Crippen molar-refractivity contribution in [2.24, 2.45) is 0 Å². The molecule has 0 aromatic heterocycles. The largest absolute Gasteiger partial charge is 0.449 e. The molecule has 5 amide bonds. The highest BCUT2D eigenvalue weighted by molar-refractivity contribution is 7.80. The van der Waals surface area contributed by atoms with Crippen LogP contribution in [0, 0.1) is 0 Å². The summed E-state index contributed by atoms with van der Waals surface area (Å²) in [5, 5.41) is 10.8. The van der Waals surface area contributed by atoms with Crippen LogP contribution in [-0.4, -0.2) is 85.7 Å². The van der Waals surface area contributed by atoms with Gasteiger partial charge in [0.15, 0.2) is 0 Å². The van der Waals surface area contributed by atoms with Gasteiger partial charge in [0.1, 0.15) is 18.7 Å². The highest BCUT2D eigenvalue weighted by atomic mass is 32.1. The van der Waals surface area contributed by atoms with Gasteiger partial charge in [-0.25, -0.2) is 4.79 Å². The summed E-state index contributed by atoms with van der Waals surface area (Å²) in [5.41, 5.74) is 4.37. The summed E-state index contributed by atoms with van der Waals surface area (Å²) >= 11 is 4.36. The molecule has 3 rings (SSSR count). The Labute approximate surface area is 347 Å². The van der Waals surface area contributed by atoms with Crippen LogP contribution in [0.2, 0.25) is 0 Å². The molecule has 11 nitrogen and oxygen atoms in total. The summed E-state index contributed by atoms with van der Waals surface area (Å²) in [7, 11) is 1.47. The molecule has 1 aliphatic carbocycles. The summed E-state index contributed by atoms with van der Waals surface area (Å²) in [6.07, 6.45) is 17.5. The van der Waals surface area contributed by atoms with Gasteiger partial charge in [0.25, 0.3) is 0 Å². The van der Waals surface area contributed by atoms with Crippen molar-refractivity contribution >= 4 is 42.4 Å². The SMILES string of the molecule is CCCCCCCCCCCCCCCC(=O)NCCCC[C@H](NC(=O)OCC1c2ccccc2-c2ccccc21)C(=O)N(CC)C(CS)C(=O)NCC(=O)NC. The van der Waals surface area contributed by atoms with Gasteiger partial charge in [-0.05, 0) is 54.9 Å². The van der Waals surface area contributed by atoms with Crippen molar-refractivity contribution in [3.8, 4) is 11.1 Å². The molecule has 2 aromatic rings. The average molecular weight is 808 g/mol. The fourth-order valence-electron chi connectivity index (χ4n) is 7.56. The van der Waals surface area contributed by atoms with Crippen LogP contribution >= 0.6 is 12.6 Å². The van der Waals surface area contributed by atoms with Crippen LogP contribution in [0.3, 0.4) is 0 Å². The molecule has 0 radical (unpaired) electrons. The normalized spacial score (nSPS) is 12.8. The molecule has 0 saturated heterocycles. The van der Waals surface area contributed by atoms with Crippen molar-refractivity contribution in [3.05, 3.63) is 59.7 Å². The summed E-state index contributed by atoms with van der Waals surface area (Å²) in [6, 6.07) is 14.2. The second-order valence-corrected chi connectivity index (χ2v) is 15.4. The van der Waals surface area contributed by atoms with E-state index < -0.39 is 30.0 Å². The minimum Gasteiger partial charge on any atom is -0.449 e. The number of rotatable bonds is 29.